The maximum Gasteiger partial charge on any atom is 0.109 e. The van der Waals surface area contributed by atoms with Gasteiger partial charge < -0.3 is 5.32 Å². The lowest BCUT2D eigenvalue weighted by Crippen LogP contribution is -2.30. The third-order valence-electron chi connectivity index (χ3n) is 2.79. The zero-order valence-corrected chi connectivity index (χ0v) is 12.1. The molecule has 0 radical (unpaired) electrons. The van der Waals surface area contributed by atoms with Gasteiger partial charge in [0.2, 0.25) is 0 Å². The first-order valence-electron chi connectivity index (χ1n) is 6.05. The summed E-state index contributed by atoms with van der Waals surface area (Å²) < 4.78 is 0. The molecule has 2 rings (SSSR count). The van der Waals surface area contributed by atoms with Crippen LogP contribution in [0.1, 0.15) is 30.5 Å². The quantitative estimate of drug-likeness (QED) is 0.893. The van der Waals surface area contributed by atoms with E-state index in [4.69, 9.17) is 11.6 Å². The smallest absolute Gasteiger partial charge is 0.109 e. The Kier molecular flexibility index (Phi) is 4.75. The SMILES string of the molecule is CC(Cc1cccc(Cl)c1)NC(C)c1nccs1. The number of benzene rings is 1. The molecule has 0 saturated carbocycles. The van der Waals surface area contributed by atoms with Crippen molar-refractivity contribution < 1.29 is 0 Å². The molecule has 0 saturated heterocycles. The summed E-state index contributed by atoms with van der Waals surface area (Å²) in [5.74, 6) is 0. The number of thiazole rings is 1. The lowest BCUT2D eigenvalue weighted by atomic mass is 10.1. The molecule has 96 valence electrons. The Hall–Kier alpha value is -0.900. The zero-order chi connectivity index (χ0) is 13.0. The van der Waals surface area contributed by atoms with Gasteiger partial charge in [0, 0.05) is 22.6 Å². The molecular formula is C14H17ClN2S. The molecule has 2 unspecified atom stereocenters. The Bertz CT molecular complexity index is 484. The van der Waals surface area contributed by atoms with Crippen molar-refractivity contribution in [1.82, 2.24) is 10.3 Å². The van der Waals surface area contributed by atoms with E-state index in [1.54, 1.807) is 11.3 Å². The maximum atomic E-state index is 5.99. The van der Waals surface area contributed by atoms with Crippen molar-refractivity contribution in [2.45, 2.75) is 32.4 Å². The molecule has 2 aromatic rings. The van der Waals surface area contributed by atoms with E-state index >= 15 is 0 Å². The molecule has 0 aliphatic heterocycles. The van der Waals surface area contributed by atoms with Gasteiger partial charge in [0.15, 0.2) is 0 Å². The molecule has 0 aliphatic rings. The van der Waals surface area contributed by atoms with Crippen LogP contribution in [-0.4, -0.2) is 11.0 Å². The van der Waals surface area contributed by atoms with Crippen LogP contribution < -0.4 is 5.32 Å². The number of aromatic nitrogens is 1. The molecule has 18 heavy (non-hydrogen) atoms. The molecule has 0 aliphatic carbocycles. The molecule has 0 fully saturated rings. The maximum absolute atomic E-state index is 5.99. The van der Waals surface area contributed by atoms with Crippen LogP contribution in [0.4, 0.5) is 0 Å². The minimum absolute atomic E-state index is 0.291. The second-order valence-corrected chi connectivity index (χ2v) is 5.86. The van der Waals surface area contributed by atoms with Crippen LogP contribution in [0.3, 0.4) is 0 Å². The van der Waals surface area contributed by atoms with Crippen molar-refractivity contribution in [2.24, 2.45) is 0 Å². The summed E-state index contributed by atoms with van der Waals surface area (Å²) >= 11 is 7.67. The monoisotopic (exact) mass is 280 g/mol. The molecule has 0 amide bonds. The predicted molar refractivity (Wildman–Crippen MR) is 78.3 cm³/mol. The lowest BCUT2D eigenvalue weighted by Gasteiger charge is -2.18. The van der Waals surface area contributed by atoms with Crippen LogP contribution >= 0.6 is 22.9 Å². The van der Waals surface area contributed by atoms with E-state index in [2.05, 4.69) is 30.2 Å². The number of rotatable bonds is 5. The van der Waals surface area contributed by atoms with E-state index in [1.165, 1.54) is 5.56 Å². The Morgan fingerprint density at radius 1 is 1.39 bits per heavy atom. The molecule has 1 N–H and O–H groups in total. The molecule has 0 spiro atoms. The van der Waals surface area contributed by atoms with Gasteiger partial charge in [0.25, 0.3) is 0 Å². The van der Waals surface area contributed by atoms with E-state index in [9.17, 15) is 0 Å². The molecule has 4 heteroatoms. The van der Waals surface area contributed by atoms with Crippen molar-refractivity contribution in [3.05, 3.63) is 51.4 Å². The van der Waals surface area contributed by atoms with Gasteiger partial charge in [-0.3, -0.25) is 0 Å². The fourth-order valence-electron chi connectivity index (χ4n) is 2.02. The number of hydrogen-bond acceptors (Lipinski definition) is 3. The van der Waals surface area contributed by atoms with Gasteiger partial charge in [-0.05, 0) is 38.0 Å². The van der Waals surface area contributed by atoms with Gasteiger partial charge in [0.1, 0.15) is 5.01 Å². The third-order valence-corrected chi connectivity index (χ3v) is 3.98. The summed E-state index contributed by atoms with van der Waals surface area (Å²) in [6, 6.07) is 8.71. The van der Waals surface area contributed by atoms with Gasteiger partial charge in [-0.2, -0.15) is 0 Å². The average Bonchev–Trinajstić information content (AvgIpc) is 2.81. The topological polar surface area (TPSA) is 24.9 Å². The van der Waals surface area contributed by atoms with Crippen molar-refractivity contribution in [2.75, 3.05) is 0 Å². The minimum atomic E-state index is 0.291. The van der Waals surface area contributed by atoms with Crippen LogP contribution in [0.15, 0.2) is 35.8 Å². The summed E-state index contributed by atoms with van der Waals surface area (Å²) in [6.07, 6.45) is 2.82. The number of nitrogens with one attached hydrogen (secondary N) is 1. The summed E-state index contributed by atoms with van der Waals surface area (Å²) in [5.41, 5.74) is 1.26. The average molecular weight is 281 g/mol. The van der Waals surface area contributed by atoms with Gasteiger partial charge >= 0.3 is 0 Å². The number of hydrogen-bond donors (Lipinski definition) is 1. The fourth-order valence-corrected chi connectivity index (χ4v) is 2.89. The van der Waals surface area contributed by atoms with E-state index < -0.39 is 0 Å². The molecule has 2 nitrogen and oxygen atoms in total. The first kappa shape index (κ1) is 13.5. The molecule has 0 bridgehead atoms. The Labute approximate surface area is 117 Å². The van der Waals surface area contributed by atoms with Crippen molar-refractivity contribution in [3.63, 3.8) is 0 Å². The number of nitrogens with zero attached hydrogens (tertiary/aromatic N) is 1. The molecule has 1 heterocycles. The van der Waals surface area contributed by atoms with E-state index in [-0.39, 0.29) is 0 Å². The highest BCUT2D eigenvalue weighted by Gasteiger charge is 2.11. The van der Waals surface area contributed by atoms with Gasteiger partial charge in [-0.25, -0.2) is 4.98 Å². The van der Waals surface area contributed by atoms with E-state index in [0.717, 1.165) is 16.5 Å². The van der Waals surface area contributed by atoms with Crippen LogP contribution in [-0.2, 0) is 6.42 Å². The Morgan fingerprint density at radius 3 is 2.89 bits per heavy atom. The van der Waals surface area contributed by atoms with Crippen molar-refractivity contribution in [1.29, 1.82) is 0 Å². The first-order chi connectivity index (χ1) is 8.65. The van der Waals surface area contributed by atoms with Crippen molar-refractivity contribution >= 4 is 22.9 Å². The first-order valence-corrected chi connectivity index (χ1v) is 7.31. The number of halogens is 1. The van der Waals surface area contributed by atoms with Crippen LogP contribution in [0.25, 0.3) is 0 Å². The summed E-state index contributed by atoms with van der Waals surface area (Å²) in [7, 11) is 0. The highest BCUT2D eigenvalue weighted by atomic mass is 35.5. The molecule has 2 atom stereocenters. The van der Waals surface area contributed by atoms with Gasteiger partial charge in [-0.15, -0.1) is 11.3 Å². The Morgan fingerprint density at radius 2 is 2.22 bits per heavy atom. The highest BCUT2D eigenvalue weighted by Crippen LogP contribution is 2.17. The van der Waals surface area contributed by atoms with Crippen LogP contribution in [0.2, 0.25) is 5.02 Å². The van der Waals surface area contributed by atoms with Gasteiger partial charge in [-0.1, -0.05) is 23.7 Å². The largest absolute Gasteiger partial charge is 0.305 e. The lowest BCUT2D eigenvalue weighted by molar-refractivity contribution is 0.476. The summed E-state index contributed by atoms with van der Waals surface area (Å²) in [5, 5.41) is 7.50. The highest BCUT2D eigenvalue weighted by molar-refractivity contribution is 7.09. The normalized spacial score (nSPS) is 14.4. The second-order valence-electron chi connectivity index (χ2n) is 4.49. The third kappa shape index (κ3) is 3.80. The molecule has 1 aromatic heterocycles. The van der Waals surface area contributed by atoms with E-state index in [1.807, 2.05) is 29.8 Å². The van der Waals surface area contributed by atoms with Gasteiger partial charge in [0.05, 0.1) is 6.04 Å². The van der Waals surface area contributed by atoms with Crippen molar-refractivity contribution in [3.8, 4) is 0 Å². The second kappa shape index (κ2) is 6.32. The molecule has 1 aromatic carbocycles. The zero-order valence-electron chi connectivity index (χ0n) is 10.6. The summed E-state index contributed by atoms with van der Waals surface area (Å²) in [4.78, 5) is 4.33. The van der Waals surface area contributed by atoms with E-state index in [0.29, 0.717) is 12.1 Å². The Balaban J connectivity index is 1.91. The minimum Gasteiger partial charge on any atom is -0.305 e. The standard InChI is InChI=1S/C14H17ClN2S/c1-10(8-12-4-3-5-13(15)9-12)17-11(2)14-16-6-7-18-14/h3-7,9-11,17H,8H2,1-2H3. The van der Waals surface area contributed by atoms with Crippen LogP contribution in [0.5, 0.6) is 0 Å². The molecular weight excluding hydrogens is 264 g/mol. The fraction of sp³-hybridized carbons (Fsp3) is 0.357. The summed E-state index contributed by atoms with van der Waals surface area (Å²) in [6.45, 7) is 4.33. The van der Waals surface area contributed by atoms with Crippen LogP contribution in [0, 0.1) is 0 Å². The predicted octanol–water partition coefficient (Wildman–Crippen LogP) is 4.08.